The van der Waals surface area contributed by atoms with Gasteiger partial charge in [-0.3, -0.25) is 0 Å². The van der Waals surface area contributed by atoms with Crippen molar-refractivity contribution in [3.8, 4) is 11.1 Å². The molecule has 2 aromatic rings. The summed E-state index contributed by atoms with van der Waals surface area (Å²) in [6.45, 7) is 6.79. The number of rotatable bonds is 5. The van der Waals surface area contributed by atoms with Crippen molar-refractivity contribution in [1.82, 2.24) is 3.26 Å². The van der Waals surface area contributed by atoms with Gasteiger partial charge in [-0.15, -0.1) is 24.8 Å². The summed E-state index contributed by atoms with van der Waals surface area (Å²) in [5.41, 5.74) is 5.02. The van der Waals surface area contributed by atoms with Crippen molar-refractivity contribution in [3.63, 3.8) is 0 Å². The van der Waals surface area contributed by atoms with E-state index in [4.69, 9.17) is 7.02 Å². The molecule has 1 aliphatic rings. The molecule has 0 amide bonds. The summed E-state index contributed by atoms with van der Waals surface area (Å²) in [5.74, 6) is 0. The van der Waals surface area contributed by atoms with Crippen LogP contribution in [-0.2, 0) is 21.8 Å². The molecule has 0 atom stereocenters. The number of aliphatic hydroxyl groups excluding tert-OH is 1. The quantitative estimate of drug-likeness (QED) is 0.619. The van der Waals surface area contributed by atoms with Gasteiger partial charge in [0.1, 0.15) is 0 Å². The predicted molar refractivity (Wildman–Crippen MR) is 117 cm³/mol. The summed E-state index contributed by atoms with van der Waals surface area (Å²) in [6, 6.07) is 17.1. The first-order valence-corrected chi connectivity index (χ1v) is 16.8. The summed E-state index contributed by atoms with van der Waals surface area (Å²) >= 11 is -4.23. The Hall–Kier alpha value is -0.347. The molecule has 0 radical (unpaired) electrons. The molecule has 150 valence electrons. The third kappa shape index (κ3) is 4.80. The molecular formula is C21H31Cl2NO2Zr. The second kappa shape index (κ2) is 8.57. The van der Waals surface area contributed by atoms with E-state index in [1.54, 1.807) is 0 Å². The van der Waals surface area contributed by atoms with E-state index in [9.17, 15) is 5.11 Å². The van der Waals surface area contributed by atoms with Gasteiger partial charge < -0.3 is 0 Å². The van der Waals surface area contributed by atoms with Gasteiger partial charge in [0.25, 0.3) is 0 Å². The summed E-state index contributed by atoms with van der Waals surface area (Å²) < 4.78 is 17.4. The molecule has 0 heterocycles. The molecule has 0 fully saturated rings. The number of halogens is 2. The minimum absolute atomic E-state index is 0. The van der Waals surface area contributed by atoms with Crippen molar-refractivity contribution in [2.45, 2.75) is 34.6 Å². The van der Waals surface area contributed by atoms with Crippen LogP contribution in [0.5, 0.6) is 0 Å². The van der Waals surface area contributed by atoms with Gasteiger partial charge >= 0.3 is 153 Å². The molecule has 2 N–H and O–H groups in total. The van der Waals surface area contributed by atoms with E-state index in [2.05, 4.69) is 77.2 Å². The number of fused-ring (bicyclic) bond motifs is 3. The van der Waals surface area contributed by atoms with Crippen molar-refractivity contribution in [2.24, 2.45) is 0 Å². The molecule has 0 spiro atoms. The predicted octanol–water partition coefficient (Wildman–Crippen LogP) is 5.00. The van der Waals surface area contributed by atoms with Crippen LogP contribution in [0.15, 0.2) is 48.5 Å². The first-order chi connectivity index (χ1) is 11.6. The van der Waals surface area contributed by atoms with Crippen LogP contribution in [-0.4, -0.2) is 28.1 Å². The Bertz CT molecular complexity index is 818. The third-order valence-electron chi connectivity index (χ3n) is 4.90. The second-order valence-electron chi connectivity index (χ2n) is 8.54. The molecule has 3 rings (SSSR count). The van der Waals surface area contributed by atoms with Crippen LogP contribution in [0.2, 0.25) is 4.63 Å². The Morgan fingerprint density at radius 3 is 1.85 bits per heavy atom. The molecule has 0 aromatic heterocycles. The number of hydrogen-bond acceptors (Lipinski definition) is 3. The maximum absolute atomic E-state index is 9.43. The van der Waals surface area contributed by atoms with E-state index in [1.807, 2.05) is 0 Å². The summed E-state index contributed by atoms with van der Waals surface area (Å²) in [5, 5.41) is 9.43. The van der Waals surface area contributed by atoms with Crippen LogP contribution in [0.4, 0.5) is 0 Å². The van der Waals surface area contributed by atoms with E-state index in [1.165, 1.54) is 22.3 Å². The SMILES string of the molecule is Cl.Cl.[CH2]=[Zr]([CH3])([NH]C(C)(C)C)([O]CCO)[CH]1c2ccccc2-c2ccccc21. The fourth-order valence-electron chi connectivity index (χ4n) is 4.50. The van der Waals surface area contributed by atoms with E-state index >= 15 is 0 Å². The van der Waals surface area contributed by atoms with Crippen molar-refractivity contribution in [1.29, 1.82) is 0 Å². The zero-order valence-electron chi connectivity index (χ0n) is 16.5. The topological polar surface area (TPSA) is 41.5 Å². The zero-order valence-corrected chi connectivity index (χ0v) is 20.6. The first kappa shape index (κ1) is 24.7. The maximum atomic E-state index is 9.43. The number of benzene rings is 2. The molecule has 0 aliphatic heterocycles. The van der Waals surface area contributed by atoms with Crippen molar-refractivity contribution in [2.75, 3.05) is 13.2 Å². The van der Waals surface area contributed by atoms with Gasteiger partial charge in [-0.25, -0.2) is 0 Å². The van der Waals surface area contributed by atoms with Crippen LogP contribution in [0.1, 0.15) is 35.5 Å². The van der Waals surface area contributed by atoms with Gasteiger partial charge in [0, 0.05) is 0 Å². The first-order valence-electron chi connectivity index (χ1n) is 8.93. The van der Waals surface area contributed by atoms with Crippen LogP contribution in [0, 0.1) is 0 Å². The molecule has 1 aliphatic carbocycles. The molecule has 6 heteroatoms. The number of hydrogen-bond donors (Lipinski definition) is 2. The zero-order chi connectivity index (χ0) is 18.3. The average Bonchev–Trinajstić information content (AvgIpc) is 2.87. The summed E-state index contributed by atoms with van der Waals surface area (Å²) in [7, 11) is 0. The molecule has 0 saturated carbocycles. The van der Waals surface area contributed by atoms with Crippen molar-refractivity contribution in [3.05, 3.63) is 59.7 Å². The van der Waals surface area contributed by atoms with Gasteiger partial charge in [-0.2, -0.15) is 0 Å². The van der Waals surface area contributed by atoms with Gasteiger partial charge in [0.05, 0.1) is 0 Å². The Labute approximate surface area is 177 Å². The molecule has 0 saturated heterocycles. The summed E-state index contributed by atoms with van der Waals surface area (Å²) in [4.78, 5) is 0. The van der Waals surface area contributed by atoms with E-state index in [0.29, 0.717) is 6.61 Å². The standard InChI is InChI=1S/C13H9.C4H10N.C2H5O2.CH3.CH2.2ClH.Zr/c1-3-7-12-10(5-1)9-11-6-2-4-8-13(11)12;1-4(2,3)5;3-1-2-4;;;;;/h1-9H;5H,1-3H3;3H,1-2H2;1H3;1H2;2*1H;/q;2*-1;;;;;+2. The molecule has 3 nitrogen and oxygen atoms in total. The van der Waals surface area contributed by atoms with E-state index < -0.39 is 19.0 Å². The Morgan fingerprint density at radius 1 is 1.00 bits per heavy atom. The Balaban J connectivity index is 0.00000182. The monoisotopic (exact) mass is 489 g/mol. The minimum atomic E-state index is -4.23. The summed E-state index contributed by atoms with van der Waals surface area (Å²) in [6.07, 6.45) is 0. The fourth-order valence-corrected chi connectivity index (χ4v) is 17.3. The molecule has 27 heavy (non-hydrogen) atoms. The van der Waals surface area contributed by atoms with Gasteiger partial charge in [0.2, 0.25) is 0 Å². The third-order valence-corrected chi connectivity index (χ3v) is 16.1. The normalized spacial score (nSPS) is 14.0. The van der Waals surface area contributed by atoms with E-state index in [-0.39, 0.29) is 40.6 Å². The fraction of sp³-hybridized carbons (Fsp3) is 0.381. The van der Waals surface area contributed by atoms with Crippen LogP contribution in [0.3, 0.4) is 0 Å². The molecule has 0 unspecified atom stereocenters. The molecular weight excluding hydrogens is 460 g/mol. The average molecular weight is 492 g/mol. The number of aliphatic hydroxyl groups is 1. The van der Waals surface area contributed by atoms with Crippen LogP contribution >= 0.6 is 24.8 Å². The van der Waals surface area contributed by atoms with Crippen LogP contribution in [0.25, 0.3) is 11.1 Å². The van der Waals surface area contributed by atoms with Gasteiger partial charge in [0.15, 0.2) is 0 Å². The number of nitrogens with one attached hydrogen (secondary N) is 1. The second-order valence-corrected chi connectivity index (χ2v) is 21.0. The van der Waals surface area contributed by atoms with Gasteiger partial charge in [-0.05, 0) is 0 Å². The van der Waals surface area contributed by atoms with Crippen LogP contribution < -0.4 is 3.26 Å². The molecule has 0 bridgehead atoms. The molecule has 2 aromatic carbocycles. The van der Waals surface area contributed by atoms with E-state index in [0.717, 1.165) is 0 Å². The van der Waals surface area contributed by atoms with Gasteiger partial charge in [-0.1, -0.05) is 0 Å². The van der Waals surface area contributed by atoms with Crippen molar-refractivity contribution < 1.29 is 26.9 Å². The Kier molecular flexibility index (Phi) is 7.84. The van der Waals surface area contributed by atoms with Crippen molar-refractivity contribution >= 4 is 29.0 Å². The Morgan fingerprint density at radius 2 is 1.44 bits per heavy atom.